The second-order valence-electron chi connectivity index (χ2n) is 3.31. The summed E-state index contributed by atoms with van der Waals surface area (Å²) in [5, 5.41) is 0.778. The predicted molar refractivity (Wildman–Crippen MR) is 54.5 cm³/mol. The van der Waals surface area contributed by atoms with Crippen molar-refractivity contribution in [1.29, 1.82) is 0 Å². The topological polar surface area (TPSA) is 15.8 Å². The van der Waals surface area contributed by atoms with Crippen LogP contribution in [0.1, 0.15) is 0 Å². The fourth-order valence-electron chi connectivity index (χ4n) is 1.28. The predicted octanol–water partition coefficient (Wildman–Crippen LogP) is 2.17. The Morgan fingerprint density at radius 1 is 1.46 bits per heavy atom. The van der Waals surface area contributed by atoms with Crippen molar-refractivity contribution in [2.45, 2.75) is 6.10 Å². The summed E-state index contributed by atoms with van der Waals surface area (Å²) in [4.78, 5) is 2.17. The van der Waals surface area contributed by atoms with Gasteiger partial charge in [0.25, 0.3) is 0 Å². The Kier molecular flexibility index (Phi) is 2.42. The zero-order chi connectivity index (χ0) is 9.26. The van der Waals surface area contributed by atoms with E-state index in [-0.39, 0.29) is 0 Å². The van der Waals surface area contributed by atoms with E-state index >= 15 is 0 Å². The molecule has 13 heavy (non-hydrogen) atoms. The molecule has 0 bridgehead atoms. The van der Waals surface area contributed by atoms with E-state index < -0.39 is 0 Å². The molecule has 1 aromatic rings. The molecule has 0 aliphatic carbocycles. The highest BCUT2D eigenvalue weighted by Crippen LogP contribution is 2.19. The maximum atomic E-state index is 5.79. The third-order valence-electron chi connectivity index (χ3n) is 2.15. The van der Waals surface area contributed by atoms with Crippen LogP contribution in [-0.2, 0) is 4.74 Å². The number of hydrogen-bond acceptors (Lipinski definition) is 2. The Bertz CT molecular complexity index is 281. The van der Waals surface area contributed by atoms with Crippen LogP contribution in [0.15, 0.2) is 24.3 Å². The Balaban J connectivity index is 2.01. The van der Waals surface area contributed by atoms with E-state index in [2.05, 4.69) is 11.9 Å². The molecule has 0 saturated carbocycles. The van der Waals surface area contributed by atoms with Gasteiger partial charge in [0.15, 0.2) is 0 Å². The van der Waals surface area contributed by atoms with Crippen LogP contribution in [0.25, 0.3) is 0 Å². The fraction of sp³-hybridized carbons (Fsp3) is 0.400. The standard InChI is InChI=1S/C10H12ClNO/c1-12(6-10-7-13-10)9-4-2-8(11)3-5-9/h2-5,10H,6-7H2,1H3. The van der Waals surface area contributed by atoms with E-state index in [1.807, 2.05) is 24.3 Å². The van der Waals surface area contributed by atoms with Gasteiger partial charge in [0.1, 0.15) is 0 Å². The zero-order valence-electron chi connectivity index (χ0n) is 7.53. The maximum Gasteiger partial charge on any atom is 0.0984 e. The minimum atomic E-state index is 0.431. The average molecular weight is 198 g/mol. The summed E-state index contributed by atoms with van der Waals surface area (Å²) in [5.74, 6) is 0. The molecule has 1 aliphatic heterocycles. The number of halogens is 1. The molecule has 0 radical (unpaired) electrons. The summed E-state index contributed by atoms with van der Waals surface area (Å²) >= 11 is 5.79. The van der Waals surface area contributed by atoms with E-state index in [0.29, 0.717) is 6.10 Å². The molecule has 2 nitrogen and oxygen atoms in total. The largest absolute Gasteiger partial charge is 0.372 e. The molecule has 1 atom stereocenters. The minimum absolute atomic E-state index is 0.431. The third-order valence-corrected chi connectivity index (χ3v) is 2.40. The Morgan fingerprint density at radius 3 is 2.62 bits per heavy atom. The molecular formula is C10H12ClNO. The van der Waals surface area contributed by atoms with Crippen molar-refractivity contribution in [2.24, 2.45) is 0 Å². The number of likely N-dealkylation sites (N-methyl/N-ethyl adjacent to an activating group) is 1. The molecule has 1 heterocycles. The van der Waals surface area contributed by atoms with Crippen LogP contribution in [0.3, 0.4) is 0 Å². The Morgan fingerprint density at radius 2 is 2.08 bits per heavy atom. The molecule has 3 heteroatoms. The smallest absolute Gasteiger partial charge is 0.0984 e. The van der Waals surface area contributed by atoms with Gasteiger partial charge in [-0.25, -0.2) is 0 Å². The molecule has 1 aliphatic rings. The van der Waals surface area contributed by atoms with Gasteiger partial charge in [0.05, 0.1) is 12.7 Å². The number of nitrogens with zero attached hydrogens (tertiary/aromatic N) is 1. The van der Waals surface area contributed by atoms with Gasteiger partial charge in [-0.05, 0) is 24.3 Å². The van der Waals surface area contributed by atoms with Crippen molar-refractivity contribution in [1.82, 2.24) is 0 Å². The van der Waals surface area contributed by atoms with Crippen LogP contribution in [-0.4, -0.2) is 26.3 Å². The second-order valence-corrected chi connectivity index (χ2v) is 3.75. The van der Waals surface area contributed by atoms with Crippen LogP contribution in [0.4, 0.5) is 5.69 Å². The molecule has 1 unspecified atom stereocenters. The summed E-state index contributed by atoms with van der Waals surface area (Å²) in [6.45, 7) is 1.86. The number of anilines is 1. The summed E-state index contributed by atoms with van der Waals surface area (Å²) in [6.07, 6.45) is 0.431. The van der Waals surface area contributed by atoms with Gasteiger partial charge in [0, 0.05) is 24.3 Å². The van der Waals surface area contributed by atoms with Crippen molar-refractivity contribution in [3.63, 3.8) is 0 Å². The number of epoxide rings is 1. The van der Waals surface area contributed by atoms with Gasteiger partial charge in [-0.15, -0.1) is 0 Å². The first-order chi connectivity index (χ1) is 6.25. The van der Waals surface area contributed by atoms with Crippen molar-refractivity contribution in [3.05, 3.63) is 29.3 Å². The fourth-order valence-corrected chi connectivity index (χ4v) is 1.41. The van der Waals surface area contributed by atoms with Crippen molar-refractivity contribution in [3.8, 4) is 0 Å². The third kappa shape index (κ3) is 2.36. The number of benzene rings is 1. The van der Waals surface area contributed by atoms with Gasteiger partial charge in [0.2, 0.25) is 0 Å². The van der Waals surface area contributed by atoms with Crippen LogP contribution >= 0.6 is 11.6 Å². The quantitative estimate of drug-likeness (QED) is 0.691. The van der Waals surface area contributed by atoms with Crippen LogP contribution in [0.5, 0.6) is 0 Å². The average Bonchev–Trinajstić information content (AvgIpc) is 2.89. The second kappa shape index (κ2) is 3.56. The van der Waals surface area contributed by atoms with Crippen molar-refractivity contribution in [2.75, 3.05) is 25.1 Å². The lowest BCUT2D eigenvalue weighted by atomic mass is 10.3. The lowest BCUT2D eigenvalue weighted by Crippen LogP contribution is -2.22. The van der Waals surface area contributed by atoms with Gasteiger partial charge < -0.3 is 9.64 Å². The summed E-state index contributed by atoms with van der Waals surface area (Å²) in [6, 6.07) is 7.84. The Labute approximate surface area is 83.1 Å². The van der Waals surface area contributed by atoms with E-state index in [1.165, 1.54) is 5.69 Å². The number of hydrogen-bond donors (Lipinski definition) is 0. The van der Waals surface area contributed by atoms with Crippen LogP contribution in [0.2, 0.25) is 5.02 Å². The SMILES string of the molecule is CN(CC1CO1)c1ccc(Cl)cc1. The molecule has 1 saturated heterocycles. The summed E-state index contributed by atoms with van der Waals surface area (Å²) in [5.41, 5.74) is 1.18. The molecule has 0 spiro atoms. The minimum Gasteiger partial charge on any atom is -0.372 e. The Hall–Kier alpha value is -0.730. The van der Waals surface area contributed by atoms with Crippen LogP contribution in [0, 0.1) is 0 Å². The summed E-state index contributed by atoms with van der Waals surface area (Å²) < 4.78 is 5.16. The molecule has 2 rings (SSSR count). The maximum absolute atomic E-state index is 5.79. The van der Waals surface area contributed by atoms with Crippen molar-refractivity contribution >= 4 is 17.3 Å². The number of ether oxygens (including phenoxy) is 1. The highest BCUT2D eigenvalue weighted by atomic mass is 35.5. The molecule has 1 aromatic carbocycles. The lowest BCUT2D eigenvalue weighted by molar-refractivity contribution is 0.410. The molecule has 0 N–H and O–H groups in total. The van der Waals surface area contributed by atoms with Gasteiger partial charge in [-0.2, -0.15) is 0 Å². The molecular weight excluding hydrogens is 186 g/mol. The molecule has 0 amide bonds. The highest BCUT2D eigenvalue weighted by molar-refractivity contribution is 6.30. The van der Waals surface area contributed by atoms with Crippen LogP contribution < -0.4 is 4.90 Å². The van der Waals surface area contributed by atoms with E-state index in [4.69, 9.17) is 16.3 Å². The van der Waals surface area contributed by atoms with Gasteiger partial charge in [-0.3, -0.25) is 0 Å². The molecule has 0 aromatic heterocycles. The monoisotopic (exact) mass is 197 g/mol. The van der Waals surface area contributed by atoms with Crippen molar-refractivity contribution < 1.29 is 4.74 Å². The van der Waals surface area contributed by atoms with Gasteiger partial charge in [-0.1, -0.05) is 11.6 Å². The normalized spacial score (nSPS) is 20.0. The molecule has 70 valence electrons. The lowest BCUT2D eigenvalue weighted by Gasteiger charge is -2.17. The first-order valence-corrected chi connectivity index (χ1v) is 4.72. The van der Waals surface area contributed by atoms with E-state index in [9.17, 15) is 0 Å². The molecule has 1 fully saturated rings. The summed E-state index contributed by atoms with van der Waals surface area (Å²) in [7, 11) is 2.06. The first-order valence-electron chi connectivity index (χ1n) is 4.34. The van der Waals surface area contributed by atoms with E-state index in [0.717, 1.165) is 18.2 Å². The van der Waals surface area contributed by atoms with E-state index in [1.54, 1.807) is 0 Å². The first kappa shape index (κ1) is 8.85. The zero-order valence-corrected chi connectivity index (χ0v) is 8.29. The number of rotatable bonds is 3. The highest BCUT2D eigenvalue weighted by Gasteiger charge is 2.23. The van der Waals surface area contributed by atoms with Gasteiger partial charge >= 0.3 is 0 Å².